The number of benzene rings is 4. The second-order valence-corrected chi connectivity index (χ2v) is 11.4. The normalized spacial score (nSPS) is 13.2. The van der Waals surface area contributed by atoms with E-state index in [9.17, 15) is 9.59 Å². The summed E-state index contributed by atoms with van der Waals surface area (Å²) in [5, 5.41) is 9.81. The molecule has 3 amide bonds. The van der Waals surface area contributed by atoms with Gasteiger partial charge in [-0.05, 0) is 124 Å². The van der Waals surface area contributed by atoms with Gasteiger partial charge in [0.2, 0.25) is 0 Å². The van der Waals surface area contributed by atoms with Crippen LogP contribution in [0.5, 0.6) is 11.5 Å². The number of urea groups is 1. The van der Waals surface area contributed by atoms with E-state index in [4.69, 9.17) is 4.74 Å². The Bertz CT molecular complexity index is 1740. The topological polar surface area (TPSA) is 87.6 Å². The van der Waals surface area contributed by atoms with Crippen molar-refractivity contribution in [3.05, 3.63) is 114 Å². The van der Waals surface area contributed by atoms with E-state index in [-0.39, 0.29) is 18.0 Å². The average molecular weight is 588 g/mol. The van der Waals surface area contributed by atoms with Crippen molar-refractivity contribution in [2.75, 3.05) is 23.7 Å². The molecular formula is C36H37N5O3. The van der Waals surface area contributed by atoms with Crippen LogP contribution in [0.3, 0.4) is 0 Å². The van der Waals surface area contributed by atoms with Gasteiger partial charge in [-0.25, -0.2) is 4.79 Å². The number of nitrogens with zero attached hydrogens (tertiary/aromatic N) is 2. The third-order valence-corrected chi connectivity index (χ3v) is 7.67. The molecule has 0 unspecified atom stereocenters. The van der Waals surface area contributed by atoms with Crippen molar-refractivity contribution in [3.8, 4) is 17.2 Å². The van der Waals surface area contributed by atoms with Crippen LogP contribution in [0.4, 0.5) is 16.2 Å². The van der Waals surface area contributed by atoms with Crippen LogP contribution in [0.2, 0.25) is 0 Å². The Balaban J connectivity index is 1.07. The van der Waals surface area contributed by atoms with Gasteiger partial charge in [-0.15, -0.1) is 0 Å². The first kappa shape index (κ1) is 29.0. The zero-order valence-corrected chi connectivity index (χ0v) is 25.0. The Morgan fingerprint density at radius 1 is 0.773 bits per heavy atom. The van der Waals surface area contributed by atoms with Crippen molar-refractivity contribution in [1.82, 2.24) is 14.8 Å². The number of hydrogen-bond acceptors (Lipinski definition) is 4. The summed E-state index contributed by atoms with van der Waals surface area (Å²) in [5.74, 6) is 1.09. The van der Waals surface area contributed by atoms with Crippen molar-refractivity contribution in [3.63, 3.8) is 0 Å². The van der Waals surface area contributed by atoms with E-state index in [0.29, 0.717) is 28.4 Å². The van der Waals surface area contributed by atoms with Gasteiger partial charge >= 0.3 is 6.03 Å². The number of amides is 3. The highest BCUT2D eigenvalue weighted by Crippen LogP contribution is 2.28. The zero-order valence-electron chi connectivity index (χ0n) is 25.0. The molecule has 2 heterocycles. The number of aromatic nitrogens is 1. The number of rotatable bonds is 9. The van der Waals surface area contributed by atoms with Crippen molar-refractivity contribution in [2.45, 2.75) is 39.3 Å². The van der Waals surface area contributed by atoms with Gasteiger partial charge in [-0.3, -0.25) is 9.69 Å². The molecule has 3 N–H and O–H groups in total. The van der Waals surface area contributed by atoms with Crippen LogP contribution >= 0.6 is 0 Å². The number of ether oxygens (including phenoxy) is 1. The minimum Gasteiger partial charge on any atom is -0.457 e. The molecule has 1 saturated heterocycles. The maximum atomic E-state index is 13.0. The average Bonchev–Trinajstić information content (AvgIpc) is 3.67. The summed E-state index contributed by atoms with van der Waals surface area (Å²) in [6.45, 7) is 7.08. The number of hydrogen-bond donors (Lipinski definition) is 3. The summed E-state index contributed by atoms with van der Waals surface area (Å²) in [5.41, 5.74) is 5.45. The van der Waals surface area contributed by atoms with Gasteiger partial charge in [0.15, 0.2) is 0 Å². The molecule has 0 spiro atoms. The van der Waals surface area contributed by atoms with Crippen LogP contribution in [-0.2, 0) is 6.54 Å². The molecule has 8 nitrogen and oxygen atoms in total. The minimum atomic E-state index is -0.251. The van der Waals surface area contributed by atoms with Crippen LogP contribution in [0.25, 0.3) is 16.6 Å². The Morgan fingerprint density at radius 3 is 2.02 bits per heavy atom. The predicted octanol–water partition coefficient (Wildman–Crippen LogP) is 7.80. The second-order valence-electron chi connectivity index (χ2n) is 11.4. The fourth-order valence-electron chi connectivity index (χ4n) is 5.53. The maximum absolute atomic E-state index is 13.0. The largest absolute Gasteiger partial charge is 0.457 e. The van der Waals surface area contributed by atoms with Gasteiger partial charge in [-0.2, -0.15) is 0 Å². The summed E-state index contributed by atoms with van der Waals surface area (Å²) in [7, 11) is 0. The summed E-state index contributed by atoms with van der Waals surface area (Å²) < 4.78 is 8.14. The lowest BCUT2D eigenvalue weighted by molar-refractivity contribution is 0.102. The van der Waals surface area contributed by atoms with Gasteiger partial charge in [0.25, 0.3) is 5.91 Å². The van der Waals surface area contributed by atoms with Gasteiger partial charge in [0, 0.05) is 46.8 Å². The fraction of sp³-hybridized carbons (Fsp3) is 0.222. The number of likely N-dealkylation sites (tertiary alicyclic amines) is 1. The van der Waals surface area contributed by atoms with Crippen LogP contribution in [0.1, 0.15) is 42.6 Å². The SMILES string of the molecule is CC(C)NC(=O)Nc1ccc(Oc2ccc(NC(=O)c3ccc(-n4cc(CN5CCCC5)c5ccccc54)cc3)cc2)cc1. The molecule has 6 rings (SSSR count). The zero-order chi connectivity index (χ0) is 30.5. The quantitative estimate of drug-likeness (QED) is 0.164. The lowest BCUT2D eigenvalue weighted by Crippen LogP contribution is -2.34. The third kappa shape index (κ3) is 6.93. The van der Waals surface area contributed by atoms with Crippen LogP contribution in [-0.4, -0.2) is 40.5 Å². The number of anilines is 2. The number of fused-ring (bicyclic) bond motifs is 1. The first-order valence-corrected chi connectivity index (χ1v) is 15.1. The Morgan fingerprint density at radius 2 is 1.39 bits per heavy atom. The molecule has 224 valence electrons. The van der Waals surface area contributed by atoms with E-state index in [1.807, 2.05) is 50.2 Å². The van der Waals surface area contributed by atoms with Gasteiger partial charge in [0.1, 0.15) is 11.5 Å². The first-order chi connectivity index (χ1) is 21.4. The van der Waals surface area contributed by atoms with Crippen LogP contribution < -0.4 is 20.7 Å². The molecule has 1 aliphatic rings. The molecule has 0 bridgehead atoms. The molecule has 0 atom stereocenters. The number of carbonyl (C=O) groups is 2. The Kier molecular flexibility index (Phi) is 8.61. The van der Waals surface area contributed by atoms with E-state index in [0.717, 1.165) is 25.3 Å². The molecule has 0 aliphatic carbocycles. The Labute approximate surface area is 257 Å². The second kappa shape index (κ2) is 13.1. The lowest BCUT2D eigenvalue weighted by atomic mass is 10.1. The van der Waals surface area contributed by atoms with Crippen molar-refractivity contribution in [1.29, 1.82) is 0 Å². The van der Waals surface area contributed by atoms with E-state index < -0.39 is 0 Å². The molecule has 1 aromatic heterocycles. The van der Waals surface area contributed by atoms with Crippen LogP contribution in [0.15, 0.2) is 103 Å². The highest BCUT2D eigenvalue weighted by atomic mass is 16.5. The third-order valence-electron chi connectivity index (χ3n) is 7.67. The molecular weight excluding hydrogens is 550 g/mol. The number of carbonyl (C=O) groups excluding carboxylic acids is 2. The lowest BCUT2D eigenvalue weighted by Gasteiger charge is -2.13. The smallest absolute Gasteiger partial charge is 0.319 e. The van der Waals surface area contributed by atoms with Gasteiger partial charge in [0.05, 0.1) is 5.52 Å². The van der Waals surface area contributed by atoms with E-state index in [1.165, 1.54) is 29.3 Å². The highest BCUT2D eigenvalue weighted by Gasteiger charge is 2.16. The maximum Gasteiger partial charge on any atom is 0.319 e. The van der Waals surface area contributed by atoms with Crippen LogP contribution in [0, 0.1) is 0 Å². The highest BCUT2D eigenvalue weighted by molar-refractivity contribution is 6.04. The standard InChI is InChI=1S/C36H37N5O3/c1-25(2)37-36(43)39-29-13-19-32(20-14-29)44-31-17-11-28(12-18-31)38-35(42)26-9-15-30(16-10-26)41-24-27(23-40-21-5-6-22-40)33-7-3-4-8-34(33)41/h3-4,7-20,24-25H,5-6,21-23H2,1-2H3,(H,38,42)(H2,37,39,43). The molecule has 4 aromatic carbocycles. The molecule has 1 aliphatic heterocycles. The molecule has 1 fully saturated rings. The fourth-order valence-corrected chi connectivity index (χ4v) is 5.53. The van der Waals surface area contributed by atoms with E-state index >= 15 is 0 Å². The first-order valence-electron chi connectivity index (χ1n) is 15.1. The molecule has 0 radical (unpaired) electrons. The van der Waals surface area contributed by atoms with Gasteiger partial charge in [-0.1, -0.05) is 18.2 Å². The molecule has 44 heavy (non-hydrogen) atoms. The van der Waals surface area contributed by atoms with E-state index in [1.54, 1.807) is 36.4 Å². The summed E-state index contributed by atoms with van der Waals surface area (Å²) >= 11 is 0. The monoisotopic (exact) mass is 587 g/mol. The molecule has 0 saturated carbocycles. The summed E-state index contributed by atoms with van der Waals surface area (Å²) in [4.78, 5) is 27.4. The summed E-state index contributed by atoms with van der Waals surface area (Å²) in [6.07, 6.45) is 4.78. The number of para-hydroxylation sites is 1. The van der Waals surface area contributed by atoms with Gasteiger partial charge < -0.3 is 25.3 Å². The molecule has 8 heteroatoms. The minimum absolute atomic E-state index is 0.0557. The van der Waals surface area contributed by atoms with Crippen molar-refractivity contribution in [2.24, 2.45) is 0 Å². The summed E-state index contributed by atoms with van der Waals surface area (Å²) in [6, 6.07) is 30.4. The number of nitrogens with one attached hydrogen (secondary N) is 3. The predicted molar refractivity (Wildman–Crippen MR) is 176 cm³/mol. The van der Waals surface area contributed by atoms with Crippen molar-refractivity contribution < 1.29 is 14.3 Å². The van der Waals surface area contributed by atoms with E-state index in [2.05, 4.69) is 55.9 Å². The molecule has 5 aromatic rings. The van der Waals surface area contributed by atoms with Crippen molar-refractivity contribution >= 4 is 34.2 Å². The Hall–Kier alpha value is -5.08.